The summed E-state index contributed by atoms with van der Waals surface area (Å²) in [4.78, 5) is 17.9. The average Bonchev–Trinajstić information content (AvgIpc) is 2.88. The summed E-state index contributed by atoms with van der Waals surface area (Å²) in [7, 11) is 1.02. The van der Waals surface area contributed by atoms with Crippen LogP contribution in [0.1, 0.15) is 89.9 Å². The van der Waals surface area contributed by atoms with E-state index < -0.39 is 7.12 Å². The molecule has 34 heavy (non-hydrogen) atoms. The summed E-state index contributed by atoms with van der Waals surface area (Å²) in [5.41, 5.74) is 5.96. The van der Waals surface area contributed by atoms with Gasteiger partial charge in [0.15, 0.2) is 0 Å². The largest absolute Gasteiger partial charge is 0.455 e. The quantitative estimate of drug-likeness (QED) is 0.491. The first-order valence-corrected chi connectivity index (χ1v) is 14.5. The van der Waals surface area contributed by atoms with Gasteiger partial charge in [-0.25, -0.2) is 0 Å². The number of carbonyl (C=O) groups is 1. The van der Waals surface area contributed by atoms with Crippen molar-refractivity contribution in [2.24, 2.45) is 35.3 Å². The van der Waals surface area contributed by atoms with Gasteiger partial charge in [0, 0.05) is 31.6 Å². The minimum Gasteiger partial charge on any atom is -0.427 e. The standard InChI is InChI=1S/C27H50BN3O3/c1-30(19-24-6-2-3-8-26(24)28(33)34)25-11-9-22(10-12-25)27(32)31-15-13-21(14-16-31)23-7-4-5-20(17-23)18-29/h20-26,33-34H,2-19,29H2,1H3. The summed E-state index contributed by atoms with van der Waals surface area (Å²) in [6, 6.07) is 0.523. The molecular weight excluding hydrogens is 425 g/mol. The third kappa shape index (κ3) is 6.57. The number of hydrogen-bond acceptors (Lipinski definition) is 5. The van der Waals surface area contributed by atoms with E-state index in [2.05, 4.69) is 16.8 Å². The molecule has 4 fully saturated rings. The molecule has 0 radical (unpaired) electrons. The smallest absolute Gasteiger partial charge is 0.427 e. The van der Waals surface area contributed by atoms with Crippen molar-refractivity contribution < 1.29 is 14.8 Å². The maximum absolute atomic E-state index is 13.3. The Balaban J connectivity index is 1.19. The first-order chi connectivity index (χ1) is 16.5. The second kappa shape index (κ2) is 12.6. The maximum atomic E-state index is 13.3. The Bertz CT molecular complexity index is 635. The molecule has 1 aliphatic heterocycles. The molecule has 4 rings (SSSR count). The molecule has 6 nitrogen and oxygen atoms in total. The molecule has 0 aromatic heterocycles. The van der Waals surface area contributed by atoms with Gasteiger partial charge in [0.2, 0.25) is 5.91 Å². The number of carbonyl (C=O) groups excluding carboxylic acids is 1. The Morgan fingerprint density at radius 1 is 0.912 bits per heavy atom. The van der Waals surface area contributed by atoms with Crippen LogP contribution in [0.15, 0.2) is 0 Å². The van der Waals surface area contributed by atoms with Gasteiger partial charge in [-0.2, -0.15) is 0 Å². The van der Waals surface area contributed by atoms with E-state index in [1.54, 1.807) is 0 Å². The summed E-state index contributed by atoms with van der Waals surface area (Å²) in [5.74, 6) is 3.38. The fourth-order valence-electron chi connectivity index (χ4n) is 7.96. The van der Waals surface area contributed by atoms with Gasteiger partial charge < -0.3 is 25.6 Å². The highest BCUT2D eigenvalue weighted by Gasteiger charge is 2.38. The number of nitrogens with two attached hydrogens (primary N) is 1. The summed E-state index contributed by atoms with van der Waals surface area (Å²) in [6.45, 7) is 3.71. The zero-order valence-corrected chi connectivity index (χ0v) is 21.6. The van der Waals surface area contributed by atoms with Crippen LogP contribution in [-0.2, 0) is 4.79 Å². The molecule has 3 saturated carbocycles. The highest BCUT2D eigenvalue weighted by molar-refractivity contribution is 6.43. The van der Waals surface area contributed by atoms with E-state index in [4.69, 9.17) is 5.73 Å². The molecular formula is C27H50BN3O3. The van der Waals surface area contributed by atoms with E-state index in [0.29, 0.717) is 17.9 Å². The fourth-order valence-corrected chi connectivity index (χ4v) is 7.96. The minimum absolute atomic E-state index is 0.0202. The van der Waals surface area contributed by atoms with E-state index in [-0.39, 0.29) is 11.7 Å². The van der Waals surface area contributed by atoms with Crippen molar-refractivity contribution in [1.29, 1.82) is 0 Å². The molecule has 1 heterocycles. The molecule has 0 spiro atoms. The Labute approximate surface area is 208 Å². The first-order valence-electron chi connectivity index (χ1n) is 14.5. The molecule has 4 N–H and O–H groups in total. The van der Waals surface area contributed by atoms with Crippen LogP contribution in [0.25, 0.3) is 0 Å². The van der Waals surface area contributed by atoms with Crippen molar-refractivity contribution in [3.63, 3.8) is 0 Å². The van der Waals surface area contributed by atoms with Crippen LogP contribution in [0.5, 0.6) is 0 Å². The van der Waals surface area contributed by atoms with Crippen LogP contribution in [-0.4, -0.2) is 72.1 Å². The van der Waals surface area contributed by atoms with Crippen LogP contribution in [0, 0.1) is 29.6 Å². The summed E-state index contributed by atoms with van der Waals surface area (Å²) in [6.07, 6.45) is 16.2. The lowest BCUT2D eigenvalue weighted by molar-refractivity contribution is -0.138. The normalized spacial score (nSPS) is 36.0. The van der Waals surface area contributed by atoms with Gasteiger partial charge in [-0.1, -0.05) is 32.1 Å². The van der Waals surface area contributed by atoms with Gasteiger partial charge in [0.25, 0.3) is 0 Å². The molecule has 4 aliphatic rings. The van der Waals surface area contributed by atoms with Crippen molar-refractivity contribution in [3.8, 4) is 0 Å². The molecule has 4 unspecified atom stereocenters. The van der Waals surface area contributed by atoms with Gasteiger partial charge >= 0.3 is 7.12 Å². The van der Waals surface area contributed by atoms with Crippen LogP contribution in [0.3, 0.4) is 0 Å². The predicted octanol–water partition coefficient (Wildman–Crippen LogP) is 3.51. The zero-order valence-electron chi connectivity index (χ0n) is 21.6. The van der Waals surface area contributed by atoms with Gasteiger partial charge in [-0.05, 0) is 101 Å². The van der Waals surface area contributed by atoms with E-state index in [1.807, 2.05) is 0 Å². The molecule has 1 amide bonds. The highest BCUT2D eigenvalue weighted by Crippen LogP contribution is 2.40. The number of nitrogens with zero attached hydrogens (tertiary/aromatic N) is 2. The van der Waals surface area contributed by atoms with Crippen molar-refractivity contribution in [3.05, 3.63) is 0 Å². The molecule has 0 aromatic carbocycles. The molecule has 3 aliphatic carbocycles. The Morgan fingerprint density at radius 2 is 1.62 bits per heavy atom. The number of piperidine rings is 1. The topological polar surface area (TPSA) is 90.0 Å². The van der Waals surface area contributed by atoms with Gasteiger partial charge in [-0.15, -0.1) is 0 Å². The SMILES string of the molecule is CN(CC1CCCCC1B(O)O)C1CCC(C(=O)N2CCC(C3CCCC(CN)C3)CC2)CC1. The van der Waals surface area contributed by atoms with E-state index in [0.717, 1.165) is 88.9 Å². The van der Waals surface area contributed by atoms with Gasteiger partial charge in [-0.3, -0.25) is 4.79 Å². The molecule has 194 valence electrons. The lowest BCUT2D eigenvalue weighted by Crippen LogP contribution is -2.46. The number of rotatable bonds is 7. The summed E-state index contributed by atoms with van der Waals surface area (Å²) >= 11 is 0. The van der Waals surface area contributed by atoms with E-state index in [1.165, 1.54) is 44.9 Å². The van der Waals surface area contributed by atoms with Crippen LogP contribution >= 0.6 is 0 Å². The van der Waals surface area contributed by atoms with Crippen LogP contribution < -0.4 is 5.73 Å². The number of likely N-dealkylation sites (tertiary alicyclic amines) is 1. The third-order valence-corrected chi connectivity index (χ3v) is 10.2. The third-order valence-electron chi connectivity index (χ3n) is 10.2. The van der Waals surface area contributed by atoms with Crippen molar-refractivity contribution in [2.45, 2.75) is 102 Å². The average molecular weight is 476 g/mol. The van der Waals surface area contributed by atoms with Crippen molar-refractivity contribution >= 4 is 13.0 Å². The van der Waals surface area contributed by atoms with Gasteiger partial charge in [0.1, 0.15) is 0 Å². The highest BCUT2D eigenvalue weighted by atomic mass is 16.4. The van der Waals surface area contributed by atoms with Crippen molar-refractivity contribution in [1.82, 2.24) is 9.80 Å². The molecule has 0 aromatic rings. The lowest BCUT2D eigenvalue weighted by Gasteiger charge is -2.42. The van der Waals surface area contributed by atoms with Gasteiger partial charge in [0.05, 0.1) is 0 Å². The fraction of sp³-hybridized carbons (Fsp3) is 0.963. The van der Waals surface area contributed by atoms with E-state index in [9.17, 15) is 14.8 Å². The van der Waals surface area contributed by atoms with Crippen molar-refractivity contribution in [2.75, 3.05) is 33.2 Å². The minimum atomic E-state index is -1.18. The maximum Gasteiger partial charge on any atom is 0.455 e. The molecule has 0 bridgehead atoms. The lowest BCUT2D eigenvalue weighted by atomic mass is 9.59. The first kappa shape index (κ1) is 26.4. The second-order valence-corrected chi connectivity index (χ2v) is 12.3. The Morgan fingerprint density at radius 3 is 2.29 bits per heavy atom. The Hall–Kier alpha value is -0.625. The summed E-state index contributed by atoms with van der Waals surface area (Å²) < 4.78 is 0. The van der Waals surface area contributed by atoms with E-state index >= 15 is 0 Å². The van der Waals surface area contributed by atoms with Crippen LogP contribution in [0.2, 0.25) is 5.82 Å². The molecule has 7 heteroatoms. The second-order valence-electron chi connectivity index (χ2n) is 12.3. The van der Waals surface area contributed by atoms with Crippen LogP contribution in [0.4, 0.5) is 0 Å². The molecule has 4 atom stereocenters. The number of amides is 1. The molecule has 1 saturated heterocycles. The number of hydrogen-bond donors (Lipinski definition) is 3. The predicted molar refractivity (Wildman–Crippen MR) is 138 cm³/mol. The Kier molecular flexibility index (Phi) is 9.77. The summed E-state index contributed by atoms with van der Waals surface area (Å²) in [5, 5.41) is 19.6. The zero-order chi connectivity index (χ0) is 24.1. The monoisotopic (exact) mass is 475 g/mol.